The number of rotatable bonds is 2. The highest BCUT2D eigenvalue weighted by atomic mass is 16.4. The number of nitrogens with two attached hydrogens (primary N) is 1. The summed E-state index contributed by atoms with van der Waals surface area (Å²) in [5, 5.41) is 9.57. The molecule has 0 saturated carbocycles. The van der Waals surface area contributed by atoms with Gasteiger partial charge < -0.3 is 15.7 Å². The molecule has 7 nitrogen and oxygen atoms in total. The van der Waals surface area contributed by atoms with Crippen molar-refractivity contribution in [2.24, 2.45) is 5.73 Å². The van der Waals surface area contributed by atoms with Gasteiger partial charge in [0.05, 0.1) is 13.1 Å². The van der Waals surface area contributed by atoms with Crippen molar-refractivity contribution in [3.05, 3.63) is 0 Å². The molecule has 2 saturated heterocycles. The lowest BCUT2D eigenvalue weighted by atomic mass is 10.1. The number of quaternary nitrogens is 1. The van der Waals surface area contributed by atoms with Gasteiger partial charge in [-0.15, -0.1) is 0 Å². The van der Waals surface area contributed by atoms with E-state index in [0.717, 1.165) is 19.3 Å². The predicted molar refractivity (Wildman–Crippen MR) is 70.6 cm³/mol. The molecule has 0 aliphatic carbocycles. The third-order valence-electron chi connectivity index (χ3n) is 4.65. The Morgan fingerprint density at radius 1 is 1.30 bits per heavy atom. The Morgan fingerprint density at radius 2 is 2.00 bits per heavy atom. The molecule has 2 heterocycles. The lowest BCUT2D eigenvalue weighted by Gasteiger charge is -2.34. The highest BCUT2D eigenvalue weighted by molar-refractivity contribution is 5.89. The number of carboxylic acid groups (broad SMARTS) is 1. The van der Waals surface area contributed by atoms with Crippen molar-refractivity contribution in [3.8, 4) is 0 Å². The zero-order chi connectivity index (χ0) is 14.9. The lowest BCUT2D eigenvalue weighted by molar-refractivity contribution is -0.793. The topological polar surface area (TPSA) is 101 Å². The fourth-order valence-electron chi connectivity index (χ4n) is 3.49. The van der Waals surface area contributed by atoms with Crippen molar-refractivity contribution in [2.75, 3.05) is 19.6 Å². The first-order valence-corrected chi connectivity index (χ1v) is 7.10. The minimum atomic E-state index is -1.10. The number of hydrogen-bond donors (Lipinski definition) is 2. The summed E-state index contributed by atoms with van der Waals surface area (Å²) in [6.45, 7) is 2.45. The van der Waals surface area contributed by atoms with Crippen molar-refractivity contribution in [3.63, 3.8) is 0 Å². The first kappa shape index (κ1) is 14.9. The number of likely N-dealkylation sites (tertiary alicyclic amines) is 2. The zero-order valence-electron chi connectivity index (χ0n) is 11.7. The maximum Gasteiger partial charge on any atom is 0.521 e. The molecule has 2 aliphatic heterocycles. The molecule has 1 unspecified atom stereocenters. The summed E-state index contributed by atoms with van der Waals surface area (Å²) >= 11 is 0. The van der Waals surface area contributed by atoms with Crippen molar-refractivity contribution < 1.29 is 24.0 Å². The minimum absolute atomic E-state index is 0.146. The van der Waals surface area contributed by atoms with Crippen molar-refractivity contribution >= 4 is 17.9 Å². The molecular formula is C13H22N3O4+. The van der Waals surface area contributed by atoms with E-state index >= 15 is 0 Å². The van der Waals surface area contributed by atoms with Crippen LogP contribution >= 0.6 is 0 Å². The molecule has 0 radical (unpaired) electrons. The molecule has 0 aromatic carbocycles. The van der Waals surface area contributed by atoms with Gasteiger partial charge in [-0.3, -0.25) is 4.79 Å². The maximum atomic E-state index is 12.8. The highest BCUT2D eigenvalue weighted by Crippen LogP contribution is 2.32. The molecule has 112 valence electrons. The number of carbonyl (C=O) groups excluding carboxylic acids is 2. The normalized spacial score (nSPS) is 33.4. The van der Waals surface area contributed by atoms with E-state index in [-0.39, 0.29) is 24.4 Å². The van der Waals surface area contributed by atoms with Crippen LogP contribution in [0.2, 0.25) is 0 Å². The first-order valence-electron chi connectivity index (χ1n) is 7.10. The van der Waals surface area contributed by atoms with Crippen LogP contribution < -0.4 is 5.73 Å². The van der Waals surface area contributed by atoms with E-state index in [1.807, 2.05) is 0 Å². The third kappa shape index (κ3) is 2.10. The number of hydrogen-bond acceptors (Lipinski definition) is 4. The fraction of sp³-hybridized carbons (Fsp3) is 0.769. The van der Waals surface area contributed by atoms with Crippen molar-refractivity contribution in [2.45, 2.75) is 44.7 Å². The smallest absolute Gasteiger partial charge is 0.435 e. The van der Waals surface area contributed by atoms with Crippen LogP contribution in [0.3, 0.4) is 0 Å². The Kier molecular flexibility index (Phi) is 4.10. The van der Waals surface area contributed by atoms with Crippen molar-refractivity contribution in [1.82, 2.24) is 4.90 Å². The average Bonchev–Trinajstić information content (AvgIpc) is 3.03. The van der Waals surface area contributed by atoms with Gasteiger partial charge in [0.2, 0.25) is 5.91 Å². The van der Waals surface area contributed by atoms with E-state index in [0.29, 0.717) is 19.5 Å². The maximum absolute atomic E-state index is 12.8. The second-order valence-corrected chi connectivity index (χ2v) is 5.65. The average molecular weight is 285 g/mol. The van der Waals surface area contributed by atoms with E-state index in [4.69, 9.17) is 5.73 Å². The summed E-state index contributed by atoms with van der Waals surface area (Å²) in [7, 11) is 0. The van der Waals surface area contributed by atoms with E-state index in [2.05, 4.69) is 0 Å². The molecule has 2 fully saturated rings. The Labute approximate surface area is 117 Å². The Hall–Kier alpha value is -1.47. The molecular weight excluding hydrogens is 263 g/mol. The predicted octanol–water partition coefficient (Wildman–Crippen LogP) is 0.140. The lowest BCUT2D eigenvalue weighted by Crippen LogP contribution is -2.64. The molecule has 3 amide bonds. The SMILES string of the molecule is C[C@@H]1CCC[N+]1(C(=O)O)C(=O)[C@@H]1CCCN1[13C](=O)CN. The summed E-state index contributed by atoms with van der Waals surface area (Å²) in [5.74, 6) is -0.641. The molecule has 0 aromatic heterocycles. The molecule has 0 bridgehead atoms. The first-order chi connectivity index (χ1) is 9.45. The summed E-state index contributed by atoms with van der Waals surface area (Å²) in [4.78, 5) is 37.8. The van der Waals surface area contributed by atoms with Crippen LogP contribution in [0.1, 0.15) is 32.6 Å². The van der Waals surface area contributed by atoms with Crippen LogP contribution in [0.25, 0.3) is 0 Å². The standard InChI is InChI=1S/C13H21N3O4/c1-9-4-3-7-16(9,13(19)20)12(18)10-5-2-6-15(10)11(17)8-14/h9-10H,2-8,14H2,1H3/p+1/t9-,10+,16?/m1/s1/i11+1. The summed E-state index contributed by atoms with van der Waals surface area (Å²) in [5.41, 5.74) is 5.36. The van der Waals surface area contributed by atoms with Gasteiger partial charge in [-0.2, -0.15) is 9.28 Å². The summed E-state index contributed by atoms with van der Waals surface area (Å²) in [6, 6.07) is -0.877. The van der Waals surface area contributed by atoms with Gasteiger partial charge in [-0.1, -0.05) is 0 Å². The molecule has 20 heavy (non-hydrogen) atoms. The summed E-state index contributed by atoms with van der Waals surface area (Å²) in [6.07, 6.45) is 1.58. The van der Waals surface area contributed by atoms with Crippen molar-refractivity contribution in [1.29, 1.82) is 0 Å². The fourth-order valence-corrected chi connectivity index (χ4v) is 3.49. The second kappa shape index (κ2) is 5.49. The van der Waals surface area contributed by atoms with Gasteiger partial charge in [0.15, 0.2) is 0 Å². The van der Waals surface area contributed by atoms with E-state index < -0.39 is 16.6 Å². The Balaban J connectivity index is 2.29. The van der Waals surface area contributed by atoms with Gasteiger partial charge in [0.25, 0.3) is 0 Å². The quantitative estimate of drug-likeness (QED) is 0.555. The second-order valence-electron chi connectivity index (χ2n) is 5.65. The zero-order valence-corrected chi connectivity index (χ0v) is 11.7. The largest absolute Gasteiger partial charge is 0.521 e. The highest BCUT2D eigenvalue weighted by Gasteiger charge is 2.57. The van der Waals surface area contributed by atoms with Crippen LogP contribution in [0, 0.1) is 0 Å². The van der Waals surface area contributed by atoms with Crippen LogP contribution in [-0.2, 0) is 9.59 Å². The molecule has 2 rings (SSSR count). The van der Waals surface area contributed by atoms with Crippen LogP contribution in [0.4, 0.5) is 4.79 Å². The molecule has 3 N–H and O–H groups in total. The third-order valence-corrected chi connectivity index (χ3v) is 4.65. The van der Waals surface area contributed by atoms with E-state index in [1.165, 1.54) is 4.90 Å². The van der Waals surface area contributed by atoms with Gasteiger partial charge in [-0.05, 0) is 19.8 Å². The monoisotopic (exact) mass is 285 g/mol. The van der Waals surface area contributed by atoms with Crippen LogP contribution in [0.5, 0.6) is 0 Å². The van der Waals surface area contributed by atoms with E-state index in [1.54, 1.807) is 6.92 Å². The van der Waals surface area contributed by atoms with Crippen LogP contribution in [0.15, 0.2) is 0 Å². The molecule has 0 aromatic rings. The number of imide groups is 1. The number of carbonyl (C=O) groups is 3. The number of amides is 3. The van der Waals surface area contributed by atoms with Gasteiger partial charge in [-0.25, -0.2) is 4.79 Å². The molecule has 7 heteroatoms. The Bertz CT molecular complexity index is 439. The van der Waals surface area contributed by atoms with E-state index in [9.17, 15) is 19.5 Å². The van der Waals surface area contributed by atoms with Crippen LogP contribution in [-0.4, -0.2) is 64.1 Å². The van der Waals surface area contributed by atoms with Gasteiger partial charge in [0, 0.05) is 19.4 Å². The molecule has 0 spiro atoms. The Morgan fingerprint density at radius 3 is 2.50 bits per heavy atom. The number of nitrogens with zero attached hydrogens (tertiary/aromatic N) is 2. The summed E-state index contributed by atoms with van der Waals surface area (Å²) < 4.78 is -0.543. The molecule has 3 atom stereocenters. The minimum Gasteiger partial charge on any atom is -0.435 e. The van der Waals surface area contributed by atoms with Gasteiger partial charge in [0.1, 0.15) is 12.1 Å². The molecule has 2 aliphatic rings. The van der Waals surface area contributed by atoms with Gasteiger partial charge >= 0.3 is 12.0 Å².